The number of pyridine rings is 1. The minimum absolute atomic E-state index is 0.153. The summed E-state index contributed by atoms with van der Waals surface area (Å²) in [6.45, 7) is 0. The van der Waals surface area contributed by atoms with E-state index in [2.05, 4.69) is 20.5 Å². The first-order valence-electron chi connectivity index (χ1n) is 12.0. The molecule has 2 aromatic heterocycles. The van der Waals surface area contributed by atoms with Crippen LogP contribution in [0.4, 0.5) is 5.69 Å². The number of carbonyl (C=O) groups excluding carboxylic acids is 1. The van der Waals surface area contributed by atoms with Crippen LogP contribution in [0.25, 0.3) is 33.8 Å². The first kappa shape index (κ1) is 23.5. The second-order valence-electron chi connectivity index (χ2n) is 8.67. The monoisotopic (exact) mass is 514 g/mol. The van der Waals surface area contributed by atoms with Gasteiger partial charge in [-0.1, -0.05) is 48.2 Å². The highest BCUT2D eigenvalue weighted by molar-refractivity contribution is 7.99. The van der Waals surface area contributed by atoms with Crippen molar-refractivity contribution in [1.82, 2.24) is 15.2 Å². The molecule has 0 aliphatic carbocycles. The Balaban J connectivity index is 1.25. The molecular formula is C31H22N4O2S. The molecule has 0 aliphatic heterocycles. The van der Waals surface area contributed by atoms with Crippen molar-refractivity contribution in [2.75, 3.05) is 5.32 Å². The number of carbonyl (C=O) groups is 1. The molecule has 0 unspecified atom stereocenters. The second-order valence-corrected chi connectivity index (χ2v) is 9.78. The lowest BCUT2D eigenvalue weighted by molar-refractivity contribution is 0.102. The summed E-state index contributed by atoms with van der Waals surface area (Å²) in [5, 5.41) is 23.2. The molecule has 0 radical (unpaired) electrons. The van der Waals surface area contributed by atoms with Crippen molar-refractivity contribution < 1.29 is 9.90 Å². The van der Waals surface area contributed by atoms with Crippen molar-refractivity contribution in [3.05, 3.63) is 120 Å². The highest BCUT2D eigenvalue weighted by Crippen LogP contribution is 2.34. The summed E-state index contributed by atoms with van der Waals surface area (Å²) in [5.41, 5.74) is 3.83. The van der Waals surface area contributed by atoms with E-state index in [0.29, 0.717) is 11.3 Å². The number of hydrogen-bond acceptors (Lipinski definition) is 5. The van der Waals surface area contributed by atoms with Crippen molar-refractivity contribution in [3.63, 3.8) is 0 Å². The number of aromatic hydroxyl groups is 1. The molecule has 0 fully saturated rings. The standard InChI is InChI=1S/C31H22N4O2S/c36-22-13-11-20-6-5-9-27(26(20)18-22)33-31(37)25-8-1-2-10-30(25)38-23-14-15-24-28(34-35-29(24)19-23)16-12-21-7-3-4-17-32-21/h1-19,36H,(H,33,37)(H,34,35)/b16-12+. The summed E-state index contributed by atoms with van der Waals surface area (Å²) in [7, 11) is 0. The Kier molecular flexibility index (Phi) is 6.34. The van der Waals surface area contributed by atoms with Gasteiger partial charge in [0.25, 0.3) is 5.91 Å². The number of anilines is 1. The smallest absolute Gasteiger partial charge is 0.256 e. The molecule has 6 rings (SSSR count). The second kappa shape index (κ2) is 10.2. The van der Waals surface area contributed by atoms with Gasteiger partial charge in [-0.25, -0.2) is 0 Å². The molecule has 38 heavy (non-hydrogen) atoms. The molecular weight excluding hydrogens is 492 g/mol. The van der Waals surface area contributed by atoms with E-state index in [4.69, 9.17) is 0 Å². The Morgan fingerprint density at radius 3 is 2.66 bits per heavy atom. The molecule has 0 spiro atoms. The highest BCUT2D eigenvalue weighted by Gasteiger charge is 2.15. The number of phenolic OH excluding ortho intramolecular Hbond substituents is 1. The van der Waals surface area contributed by atoms with Gasteiger partial charge in [-0.05, 0) is 78.2 Å². The van der Waals surface area contributed by atoms with Gasteiger partial charge in [-0.15, -0.1) is 0 Å². The Morgan fingerprint density at radius 2 is 1.76 bits per heavy atom. The van der Waals surface area contributed by atoms with Gasteiger partial charge >= 0.3 is 0 Å². The van der Waals surface area contributed by atoms with Gasteiger partial charge in [0.1, 0.15) is 5.75 Å². The van der Waals surface area contributed by atoms with Crippen LogP contribution >= 0.6 is 11.8 Å². The van der Waals surface area contributed by atoms with Gasteiger partial charge < -0.3 is 10.4 Å². The Hall–Kier alpha value is -4.88. The molecule has 1 amide bonds. The summed E-state index contributed by atoms with van der Waals surface area (Å²) < 4.78 is 0. The minimum Gasteiger partial charge on any atom is -0.508 e. The molecule has 2 heterocycles. The third-order valence-electron chi connectivity index (χ3n) is 6.14. The molecule has 184 valence electrons. The van der Waals surface area contributed by atoms with Crippen LogP contribution < -0.4 is 5.32 Å². The van der Waals surface area contributed by atoms with Crippen molar-refractivity contribution in [2.45, 2.75) is 9.79 Å². The van der Waals surface area contributed by atoms with Gasteiger partial charge in [0.2, 0.25) is 0 Å². The van der Waals surface area contributed by atoms with E-state index in [1.165, 1.54) is 11.8 Å². The van der Waals surface area contributed by atoms with Crippen molar-refractivity contribution in [1.29, 1.82) is 0 Å². The number of fused-ring (bicyclic) bond motifs is 2. The third-order valence-corrected chi connectivity index (χ3v) is 7.20. The lowest BCUT2D eigenvalue weighted by Gasteiger charge is -2.12. The van der Waals surface area contributed by atoms with Crippen LogP contribution in [-0.4, -0.2) is 26.2 Å². The maximum atomic E-state index is 13.3. The number of aromatic nitrogens is 3. The van der Waals surface area contributed by atoms with E-state index in [1.54, 1.807) is 18.3 Å². The normalized spacial score (nSPS) is 11.4. The van der Waals surface area contributed by atoms with Crippen molar-refractivity contribution in [2.24, 2.45) is 0 Å². The van der Waals surface area contributed by atoms with Gasteiger partial charge in [0.15, 0.2) is 0 Å². The van der Waals surface area contributed by atoms with Gasteiger partial charge in [0.05, 0.1) is 22.5 Å². The number of rotatable bonds is 6. The molecule has 7 heteroatoms. The van der Waals surface area contributed by atoms with E-state index >= 15 is 0 Å². The number of aromatic amines is 1. The first-order chi connectivity index (χ1) is 18.6. The number of H-pyrrole nitrogens is 1. The van der Waals surface area contributed by atoms with Crippen LogP contribution in [0.15, 0.2) is 113 Å². The zero-order valence-corrected chi connectivity index (χ0v) is 20.9. The molecule has 6 aromatic rings. The molecule has 0 saturated carbocycles. The van der Waals surface area contributed by atoms with E-state index in [9.17, 15) is 9.90 Å². The Morgan fingerprint density at radius 1 is 0.868 bits per heavy atom. The number of phenols is 1. The Labute approximate surface area is 223 Å². The van der Waals surface area contributed by atoms with E-state index in [0.717, 1.165) is 42.9 Å². The predicted molar refractivity (Wildman–Crippen MR) is 153 cm³/mol. The first-order valence-corrected chi connectivity index (χ1v) is 12.8. The topological polar surface area (TPSA) is 90.9 Å². The summed E-state index contributed by atoms with van der Waals surface area (Å²) in [6.07, 6.45) is 5.64. The van der Waals surface area contributed by atoms with Gasteiger partial charge in [-0.2, -0.15) is 5.10 Å². The molecule has 6 nitrogen and oxygen atoms in total. The van der Waals surface area contributed by atoms with Crippen LogP contribution in [-0.2, 0) is 0 Å². The average Bonchev–Trinajstić information content (AvgIpc) is 3.35. The maximum absolute atomic E-state index is 13.3. The SMILES string of the molecule is O=C(Nc1cccc2ccc(O)cc12)c1ccccc1Sc1ccc2c(/C=C/c3ccccn3)n[nH]c2c1. The van der Waals surface area contributed by atoms with Crippen LogP contribution in [0.2, 0.25) is 0 Å². The third kappa shape index (κ3) is 4.87. The maximum Gasteiger partial charge on any atom is 0.256 e. The number of amides is 1. The molecule has 4 aromatic carbocycles. The van der Waals surface area contributed by atoms with E-state index in [1.807, 2.05) is 97.1 Å². The zero-order chi connectivity index (χ0) is 25.9. The quantitative estimate of drug-likeness (QED) is 0.216. The fourth-order valence-electron chi connectivity index (χ4n) is 4.28. The van der Waals surface area contributed by atoms with E-state index < -0.39 is 0 Å². The predicted octanol–water partition coefficient (Wildman–Crippen LogP) is 7.39. The summed E-state index contributed by atoms with van der Waals surface area (Å²) in [5.74, 6) is -0.0618. The molecule has 0 atom stereocenters. The van der Waals surface area contributed by atoms with Gasteiger partial charge in [0, 0.05) is 32.4 Å². The largest absolute Gasteiger partial charge is 0.508 e. The average molecular weight is 515 g/mol. The summed E-state index contributed by atoms with van der Waals surface area (Å²) in [6, 6.07) is 30.2. The fraction of sp³-hybridized carbons (Fsp3) is 0. The van der Waals surface area contributed by atoms with E-state index in [-0.39, 0.29) is 11.7 Å². The minimum atomic E-state index is -0.214. The molecule has 0 aliphatic rings. The summed E-state index contributed by atoms with van der Waals surface area (Å²) in [4.78, 5) is 19.5. The van der Waals surface area contributed by atoms with Crippen LogP contribution in [0.1, 0.15) is 21.7 Å². The zero-order valence-electron chi connectivity index (χ0n) is 20.1. The van der Waals surface area contributed by atoms with Crippen molar-refractivity contribution in [3.8, 4) is 5.75 Å². The number of nitrogens with zero attached hydrogens (tertiary/aromatic N) is 2. The lowest BCUT2D eigenvalue weighted by Crippen LogP contribution is -2.13. The van der Waals surface area contributed by atoms with Crippen LogP contribution in [0.5, 0.6) is 5.75 Å². The highest BCUT2D eigenvalue weighted by atomic mass is 32.2. The fourth-order valence-corrected chi connectivity index (χ4v) is 5.26. The Bertz CT molecular complexity index is 1810. The lowest BCUT2D eigenvalue weighted by atomic mass is 10.1. The van der Waals surface area contributed by atoms with Crippen LogP contribution in [0, 0.1) is 0 Å². The number of nitrogens with one attached hydrogen (secondary N) is 2. The summed E-state index contributed by atoms with van der Waals surface area (Å²) >= 11 is 1.52. The molecule has 0 bridgehead atoms. The van der Waals surface area contributed by atoms with Crippen molar-refractivity contribution >= 4 is 57.2 Å². The van der Waals surface area contributed by atoms with Crippen LogP contribution in [0.3, 0.4) is 0 Å². The molecule has 3 N–H and O–H groups in total. The number of benzene rings is 4. The van der Waals surface area contributed by atoms with Gasteiger partial charge in [-0.3, -0.25) is 14.9 Å². The molecule has 0 saturated heterocycles. The number of hydrogen-bond donors (Lipinski definition) is 3.